The Balaban J connectivity index is 1.25. The number of nitrogens with zero attached hydrogens (tertiary/aromatic N) is 4. The summed E-state index contributed by atoms with van der Waals surface area (Å²) in [5, 5.41) is 9.39. The van der Waals surface area contributed by atoms with E-state index in [2.05, 4.69) is 35.9 Å². The molecule has 0 unspecified atom stereocenters. The monoisotopic (exact) mass is 477 g/mol. The first kappa shape index (κ1) is 22.7. The summed E-state index contributed by atoms with van der Waals surface area (Å²) in [5.74, 6) is 1.69. The lowest BCUT2D eigenvalue weighted by Crippen LogP contribution is -2.12. The first-order valence-electron chi connectivity index (χ1n) is 11.2. The second kappa shape index (κ2) is 10.1. The van der Waals surface area contributed by atoms with Crippen molar-refractivity contribution in [1.82, 2.24) is 19.9 Å². The van der Waals surface area contributed by atoms with Gasteiger partial charge in [0.05, 0.1) is 18.1 Å². The number of aromatic nitrogens is 4. The number of benzene rings is 3. The smallest absolute Gasteiger partial charge is 0.255 e. The van der Waals surface area contributed by atoms with Crippen LogP contribution >= 0.6 is 0 Å². The van der Waals surface area contributed by atoms with Gasteiger partial charge in [0.1, 0.15) is 11.6 Å². The lowest BCUT2D eigenvalue weighted by molar-refractivity contribution is 0.102. The Labute approximate surface area is 207 Å². The predicted molar refractivity (Wildman–Crippen MR) is 140 cm³/mol. The van der Waals surface area contributed by atoms with Crippen LogP contribution in [0.1, 0.15) is 16.1 Å². The maximum Gasteiger partial charge on any atom is 0.255 e. The molecule has 5 rings (SSSR count). The summed E-state index contributed by atoms with van der Waals surface area (Å²) in [5.41, 5.74) is 5.07. The summed E-state index contributed by atoms with van der Waals surface area (Å²) >= 11 is 0. The van der Waals surface area contributed by atoms with Crippen LogP contribution in [0.25, 0.3) is 11.0 Å². The summed E-state index contributed by atoms with van der Waals surface area (Å²) in [7, 11) is 1.63. The highest BCUT2D eigenvalue weighted by Crippen LogP contribution is 2.22. The van der Waals surface area contributed by atoms with Gasteiger partial charge in [-0.25, -0.2) is 4.98 Å². The van der Waals surface area contributed by atoms with Crippen LogP contribution in [-0.2, 0) is 0 Å². The van der Waals surface area contributed by atoms with E-state index in [1.54, 1.807) is 37.7 Å². The highest BCUT2D eigenvalue weighted by atomic mass is 16.5. The van der Waals surface area contributed by atoms with Crippen LogP contribution in [0.15, 0.2) is 85.2 Å². The topological polar surface area (TPSA) is 114 Å². The molecular weight excluding hydrogens is 454 g/mol. The quantitative estimate of drug-likeness (QED) is 0.282. The molecule has 36 heavy (non-hydrogen) atoms. The molecule has 0 atom stereocenters. The fourth-order valence-corrected chi connectivity index (χ4v) is 3.58. The molecule has 0 aliphatic rings. The number of methoxy groups -OCH3 is 1. The number of rotatable bonds is 7. The number of hydrogen-bond donors (Lipinski definition) is 3. The molecule has 0 saturated heterocycles. The first-order valence-corrected chi connectivity index (χ1v) is 11.2. The Hall–Kier alpha value is -5.05. The molecule has 9 nitrogen and oxygen atoms in total. The zero-order chi connectivity index (χ0) is 24.9. The van der Waals surface area contributed by atoms with Gasteiger partial charge in [0, 0.05) is 46.8 Å². The van der Waals surface area contributed by atoms with E-state index < -0.39 is 0 Å². The first-order chi connectivity index (χ1) is 17.6. The standard InChI is InChI=1S/C27H23N7O2/c1-17-15-25(31-19-8-10-22(36-2)11-9-19)34-27(30-17)33-21-6-4-20(5-7-21)32-26(35)18-3-12-23-24(16-18)29-14-13-28-23/h3-16H,1-2H3,(H,32,35)(H2,30,31,33,34). The number of nitrogens with one attached hydrogen (secondary N) is 3. The Bertz CT molecular complexity index is 1520. The van der Waals surface area contributed by atoms with Gasteiger partial charge in [-0.1, -0.05) is 0 Å². The fourth-order valence-electron chi connectivity index (χ4n) is 3.58. The van der Waals surface area contributed by atoms with Gasteiger partial charge in [-0.05, 0) is 73.7 Å². The lowest BCUT2D eigenvalue weighted by Gasteiger charge is -2.11. The van der Waals surface area contributed by atoms with E-state index >= 15 is 0 Å². The molecule has 3 N–H and O–H groups in total. The van der Waals surface area contributed by atoms with Gasteiger partial charge in [0.15, 0.2) is 0 Å². The molecule has 0 spiro atoms. The molecule has 178 valence electrons. The molecule has 9 heteroatoms. The number of carbonyl (C=O) groups excluding carboxylic acids is 1. The molecule has 0 fully saturated rings. The number of ether oxygens (including phenoxy) is 1. The second-order valence-electron chi connectivity index (χ2n) is 7.99. The highest BCUT2D eigenvalue weighted by molar-refractivity contribution is 6.05. The average Bonchev–Trinajstić information content (AvgIpc) is 2.89. The summed E-state index contributed by atoms with van der Waals surface area (Å²) in [6.07, 6.45) is 3.23. The van der Waals surface area contributed by atoms with Crippen LogP contribution in [0, 0.1) is 6.92 Å². The lowest BCUT2D eigenvalue weighted by atomic mass is 10.1. The van der Waals surface area contributed by atoms with Gasteiger partial charge >= 0.3 is 0 Å². The van der Waals surface area contributed by atoms with Crippen molar-refractivity contribution in [2.75, 3.05) is 23.1 Å². The second-order valence-corrected chi connectivity index (χ2v) is 7.99. The van der Waals surface area contributed by atoms with Crippen molar-refractivity contribution in [3.05, 3.63) is 96.4 Å². The maximum absolute atomic E-state index is 12.7. The van der Waals surface area contributed by atoms with Crippen LogP contribution in [0.2, 0.25) is 0 Å². The molecule has 0 saturated carbocycles. The molecule has 3 aromatic carbocycles. The molecule has 0 bridgehead atoms. The minimum atomic E-state index is -0.223. The van der Waals surface area contributed by atoms with Crippen molar-refractivity contribution in [3.8, 4) is 5.75 Å². The van der Waals surface area contributed by atoms with Crippen LogP contribution < -0.4 is 20.7 Å². The van der Waals surface area contributed by atoms with E-state index in [1.165, 1.54) is 0 Å². The van der Waals surface area contributed by atoms with Crippen LogP contribution in [0.3, 0.4) is 0 Å². The third kappa shape index (κ3) is 5.36. The van der Waals surface area contributed by atoms with Crippen molar-refractivity contribution in [2.24, 2.45) is 0 Å². The highest BCUT2D eigenvalue weighted by Gasteiger charge is 2.09. The van der Waals surface area contributed by atoms with Gasteiger partial charge in [0.25, 0.3) is 5.91 Å². The van der Waals surface area contributed by atoms with Crippen LogP contribution in [-0.4, -0.2) is 33.0 Å². The van der Waals surface area contributed by atoms with Crippen molar-refractivity contribution in [2.45, 2.75) is 6.92 Å². The van der Waals surface area contributed by atoms with Crippen molar-refractivity contribution < 1.29 is 9.53 Å². The molecule has 0 aliphatic heterocycles. The van der Waals surface area contributed by atoms with E-state index in [0.717, 1.165) is 28.3 Å². The molecule has 1 amide bonds. The van der Waals surface area contributed by atoms with E-state index in [-0.39, 0.29) is 5.91 Å². The normalized spacial score (nSPS) is 10.6. The third-order valence-corrected chi connectivity index (χ3v) is 5.35. The Morgan fingerprint density at radius 2 is 1.42 bits per heavy atom. The number of anilines is 5. The van der Waals surface area contributed by atoms with Crippen molar-refractivity contribution in [1.29, 1.82) is 0 Å². The fraction of sp³-hybridized carbons (Fsp3) is 0.0741. The Morgan fingerprint density at radius 1 is 0.750 bits per heavy atom. The third-order valence-electron chi connectivity index (χ3n) is 5.35. The summed E-state index contributed by atoms with van der Waals surface area (Å²) in [4.78, 5) is 30.2. The van der Waals surface area contributed by atoms with E-state index in [0.29, 0.717) is 28.5 Å². The molecule has 0 aliphatic carbocycles. The minimum absolute atomic E-state index is 0.223. The SMILES string of the molecule is COc1ccc(Nc2cc(C)nc(Nc3ccc(NC(=O)c4ccc5nccnc5c4)cc3)n2)cc1. The number of hydrogen-bond acceptors (Lipinski definition) is 8. The largest absolute Gasteiger partial charge is 0.497 e. The summed E-state index contributed by atoms with van der Waals surface area (Å²) < 4.78 is 5.20. The van der Waals surface area contributed by atoms with Crippen LogP contribution in [0.4, 0.5) is 28.8 Å². The molecule has 5 aromatic rings. The van der Waals surface area contributed by atoms with E-state index in [1.807, 2.05) is 61.5 Å². The Kier molecular flexibility index (Phi) is 6.35. The molecule has 2 heterocycles. The number of amides is 1. The summed E-state index contributed by atoms with van der Waals surface area (Å²) in [6.45, 7) is 1.91. The average molecular weight is 478 g/mol. The van der Waals surface area contributed by atoms with Gasteiger partial charge in [0.2, 0.25) is 5.95 Å². The van der Waals surface area contributed by atoms with Gasteiger partial charge in [-0.2, -0.15) is 4.98 Å². The minimum Gasteiger partial charge on any atom is -0.497 e. The zero-order valence-electron chi connectivity index (χ0n) is 19.7. The molecule has 0 radical (unpaired) electrons. The van der Waals surface area contributed by atoms with Crippen molar-refractivity contribution in [3.63, 3.8) is 0 Å². The number of fused-ring (bicyclic) bond motifs is 1. The van der Waals surface area contributed by atoms with E-state index in [4.69, 9.17) is 4.74 Å². The maximum atomic E-state index is 12.7. The molecular formula is C27H23N7O2. The van der Waals surface area contributed by atoms with Gasteiger partial charge in [-0.3, -0.25) is 14.8 Å². The molecule has 2 aromatic heterocycles. The van der Waals surface area contributed by atoms with E-state index in [9.17, 15) is 4.79 Å². The van der Waals surface area contributed by atoms with Gasteiger partial charge < -0.3 is 20.7 Å². The van der Waals surface area contributed by atoms with Crippen molar-refractivity contribution >= 4 is 45.8 Å². The Morgan fingerprint density at radius 3 is 2.17 bits per heavy atom. The summed E-state index contributed by atoms with van der Waals surface area (Å²) in [6, 6.07) is 22.0. The number of carbonyl (C=O) groups is 1. The number of aryl methyl sites for hydroxylation is 1. The zero-order valence-corrected chi connectivity index (χ0v) is 19.7. The van der Waals surface area contributed by atoms with Gasteiger partial charge in [-0.15, -0.1) is 0 Å². The predicted octanol–water partition coefficient (Wildman–Crippen LogP) is 5.48. The van der Waals surface area contributed by atoms with Crippen LogP contribution in [0.5, 0.6) is 5.75 Å².